The Bertz CT molecular complexity index is 2660. The van der Waals surface area contributed by atoms with Gasteiger partial charge in [-0.15, -0.1) is 11.3 Å². The molecular formula is C53H71F2IN11O7S-. The first kappa shape index (κ1) is 55.8. The van der Waals surface area contributed by atoms with Crippen LogP contribution in [0.5, 0.6) is 0 Å². The van der Waals surface area contributed by atoms with E-state index < -0.39 is 51.3 Å². The molecule has 6 heterocycles. The van der Waals surface area contributed by atoms with Gasteiger partial charge in [-0.05, 0) is 43.6 Å². The van der Waals surface area contributed by atoms with Crippen LogP contribution in [-0.4, -0.2) is 145 Å². The monoisotopic (exact) mass is 1170 g/mol. The van der Waals surface area contributed by atoms with E-state index in [2.05, 4.69) is 51.9 Å². The van der Waals surface area contributed by atoms with Crippen LogP contribution in [0.1, 0.15) is 100 Å². The van der Waals surface area contributed by atoms with Gasteiger partial charge in [0.2, 0.25) is 17.7 Å². The molecule has 3 aromatic rings. The number of likely N-dealkylation sites (tertiary alicyclic amines) is 1. The molecule has 2 aromatic heterocycles. The summed E-state index contributed by atoms with van der Waals surface area (Å²) in [4.78, 5) is 75.4. The van der Waals surface area contributed by atoms with Crippen LogP contribution >= 0.6 is 11.3 Å². The Kier molecular flexibility index (Phi) is 19.0. The number of halogens is 3. The van der Waals surface area contributed by atoms with Crippen molar-refractivity contribution >= 4 is 52.3 Å². The van der Waals surface area contributed by atoms with Crippen LogP contribution in [0, 0.1) is 12.3 Å². The number of aromatic nitrogens is 3. The summed E-state index contributed by atoms with van der Waals surface area (Å²) in [5.74, 6) is -1.44. The van der Waals surface area contributed by atoms with Crippen LogP contribution in [0.3, 0.4) is 0 Å². The number of hydrogen-bond acceptors (Lipinski definition) is 12. The number of hydrogen-bond donors (Lipinski definition) is 5. The topological polar surface area (TPSA) is 204 Å². The third kappa shape index (κ3) is 14.3. The third-order valence-corrected chi connectivity index (χ3v) is 18.4. The van der Waals surface area contributed by atoms with E-state index in [4.69, 9.17) is 9.47 Å². The summed E-state index contributed by atoms with van der Waals surface area (Å²) in [6.07, 6.45) is 11.5. The van der Waals surface area contributed by atoms with Crippen molar-refractivity contribution in [1.82, 2.24) is 51.1 Å². The van der Waals surface area contributed by atoms with Crippen molar-refractivity contribution in [3.63, 3.8) is 0 Å². The van der Waals surface area contributed by atoms with Gasteiger partial charge in [-0.1, -0.05) is 38.5 Å². The average molecular weight is 1170 g/mol. The maximum absolute atomic E-state index is 15.0. The molecule has 2 saturated heterocycles. The molecule has 2 fully saturated rings. The summed E-state index contributed by atoms with van der Waals surface area (Å²) in [6, 6.07) is 2.06. The zero-order valence-electron chi connectivity index (χ0n) is 43.6. The Labute approximate surface area is 452 Å². The number of urea groups is 1. The van der Waals surface area contributed by atoms with Crippen molar-refractivity contribution in [2.24, 2.45) is 5.41 Å². The molecule has 8 rings (SSSR count). The van der Waals surface area contributed by atoms with Crippen molar-refractivity contribution in [3.8, 4) is 11.1 Å². The molecule has 1 aromatic carbocycles. The van der Waals surface area contributed by atoms with Crippen molar-refractivity contribution in [2.75, 3.05) is 75.9 Å². The van der Waals surface area contributed by atoms with Gasteiger partial charge in [0.05, 0.1) is 22.7 Å². The van der Waals surface area contributed by atoms with E-state index in [-0.39, 0.29) is 55.6 Å². The van der Waals surface area contributed by atoms with Gasteiger partial charge >= 0.3 is 250 Å². The van der Waals surface area contributed by atoms with E-state index in [9.17, 15) is 32.8 Å². The fourth-order valence-corrected chi connectivity index (χ4v) is 14.2. The molecule has 0 radical (unpaired) electrons. The van der Waals surface area contributed by atoms with Crippen LogP contribution in [0.4, 0.5) is 19.3 Å². The Morgan fingerprint density at radius 2 is 1.79 bits per heavy atom. The van der Waals surface area contributed by atoms with Gasteiger partial charge in [-0.3, -0.25) is 14.4 Å². The first-order valence-electron chi connectivity index (χ1n) is 26.0. The number of ether oxygens (including phenoxy) is 2. The van der Waals surface area contributed by atoms with Crippen LogP contribution in [0.25, 0.3) is 16.7 Å². The predicted molar refractivity (Wildman–Crippen MR) is 278 cm³/mol. The molecule has 2 atom stereocenters. The number of allylic oxidation sites excluding steroid dienone is 3. The van der Waals surface area contributed by atoms with E-state index in [0.717, 1.165) is 73.3 Å². The standard InChI is InChI=1S/C53H71F2IN11O7S/c1-33-47(75-32-60-33)35-12-10-34(11-13-35)26-59-50(70)43-9-7-18-66(43)51(71)48(53(2,3)4)63-46(69)31-74-23-17-58-45(68)30-65-28-37(27-61-65)39-24-36-8-6-19-67(44(36)25-40(39)49(54)55)56-41-29-64(52(72)57-5)20-14-42(41)62-38-15-21-73-22-16-38/h10,12,24-25,27-28,32,38,43,48-49,62H,6-9,11,13-23,26,29-31H2,1-5H3,(H,57,72)(H,58,68)(H,59,70)(H,63,69)/q-1. The zero-order chi connectivity index (χ0) is 53.2. The number of nitrogens with one attached hydrogen (secondary N) is 5. The van der Waals surface area contributed by atoms with E-state index in [1.165, 1.54) is 24.9 Å². The third-order valence-electron chi connectivity index (χ3n) is 14.2. The first-order valence-corrected chi connectivity index (χ1v) is 28.9. The van der Waals surface area contributed by atoms with Gasteiger partial charge in [0, 0.05) is 13.1 Å². The number of alkyl halides is 2. The molecule has 0 spiro atoms. The number of nitrogens with zero attached hydrogens (tertiary/aromatic N) is 6. The van der Waals surface area contributed by atoms with Gasteiger partial charge in [-0.2, -0.15) is 0 Å². The van der Waals surface area contributed by atoms with Gasteiger partial charge < -0.3 is 20.3 Å². The number of thiazole rings is 1. The van der Waals surface area contributed by atoms with Gasteiger partial charge in [0.15, 0.2) is 0 Å². The molecule has 2 unspecified atom stereocenters. The van der Waals surface area contributed by atoms with E-state index in [0.29, 0.717) is 75.8 Å². The summed E-state index contributed by atoms with van der Waals surface area (Å²) in [5.41, 5.74) is 8.20. The number of carbonyl (C=O) groups is 5. The summed E-state index contributed by atoms with van der Waals surface area (Å²) < 4.78 is 45.9. The van der Waals surface area contributed by atoms with Crippen molar-refractivity contribution in [1.29, 1.82) is 0 Å². The summed E-state index contributed by atoms with van der Waals surface area (Å²) >= 11 is 0.791. The molecule has 1 aliphatic carbocycles. The second-order valence-electron chi connectivity index (χ2n) is 20.7. The predicted octanol–water partition coefficient (Wildman–Crippen LogP) is 2.61. The molecule has 6 amide bonds. The molecule has 75 heavy (non-hydrogen) atoms. The Morgan fingerprint density at radius 3 is 2.51 bits per heavy atom. The molecule has 22 heteroatoms. The fraction of sp³-hybridized carbons (Fsp3) is 0.566. The number of benzene rings is 1. The maximum atomic E-state index is 15.0. The number of rotatable bonds is 19. The fourth-order valence-electron chi connectivity index (χ4n) is 10.1. The molecule has 5 aliphatic rings. The molecule has 408 valence electrons. The molecule has 0 saturated carbocycles. The molecule has 5 N–H and O–H groups in total. The minimum atomic E-state index is -2.76. The second kappa shape index (κ2) is 25.6. The molecule has 18 nitrogen and oxygen atoms in total. The first-order chi connectivity index (χ1) is 36.1. The van der Waals surface area contributed by atoms with Crippen molar-refractivity contribution in [3.05, 3.63) is 78.7 Å². The van der Waals surface area contributed by atoms with Gasteiger partial charge in [-0.25, -0.2) is 4.98 Å². The molecule has 4 aliphatic heterocycles. The van der Waals surface area contributed by atoms with Gasteiger partial charge in [0.1, 0.15) is 18.7 Å². The Morgan fingerprint density at radius 1 is 0.973 bits per heavy atom. The molecular weight excluding hydrogens is 1100 g/mol. The quantitative estimate of drug-likeness (QED) is 0.0671. The van der Waals surface area contributed by atoms with E-state index in [1.807, 2.05) is 44.2 Å². The number of aryl methyl sites for hydroxylation is 2. The summed E-state index contributed by atoms with van der Waals surface area (Å²) in [5, 5.41) is 19.5. The van der Waals surface area contributed by atoms with Crippen LogP contribution < -0.4 is 51.2 Å². The van der Waals surface area contributed by atoms with Gasteiger partial charge in [0.25, 0.3) is 0 Å². The number of anilines is 1. The van der Waals surface area contributed by atoms with Crippen LogP contribution in [0.2, 0.25) is 0 Å². The summed E-state index contributed by atoms with van der Waals surface area (Å²) in [6.45, 7) is 11.2. The van der Waals surface area contributed by atoms with Crippen molar-refractivity contribution in [2.45, 2.75) is 117 Å². The summed E-state index contributed by atoms with van der Waals surface area (Å²) in [7, 11) is 1.63. The zero-order valence-corrected chi connectivity index (χ0v) is 46.6. The number of fused-ring (bicyclic) bond motifs is 1. The second-order valence-corrected chi connectivity index (χ2v) is 24.5. The van der Waals surface area contributed by atoms with Crippen LogP contribution in [0.15, 0.2) is 57.0 Å². The van der Waals surface area contributed by atoms with Crippen LogP contribution in [-0.2, 0) is 41.6 Å². The van der Waals surface area contributed by atoms with Crippen molar-refractivity contribution < 1.29 is 63.7 Å². The average Bonchev–Trinajstić information content (AvgIpc) is 4.19. The normalized spacial score (nSPS) is 18.9. The Hall–Kier alpha value is -5.46. The van der Waals surface area contributed by atoms with E-state index >= 15 is 0 Å². The van der Waals surface area contributed by atoms with E-state index in [1.54, 1.807) is 35.5 Å². The Balaban J connectivity index is 0.806. The number of carbonyl (C=O) groups excluding carboxylic acids is 5. The minimum absolute atomic E-state index is 0.00791. The molecule has 0 bridgehead atoms. The number of amides is 6. The SMILES string of the molecule is CNC(=O)N1CCC(NC2CCOCC2)=C([I-]N2CCCc3cc(-c4cnn(CC(=O)NCCOCC(=O)NC(C(=O)N5CCCC5C(=O)NCC5=CC=C(c6scnc6C)CC5)C(C)(C)C)c4)c(C(F)F)cc32)C1.